The number of fused-ring (bicyclic) bond motifs is 2. The Morgan fingerprint density at radius 3 is 1.82 bits per heavy atom. The van der Waals surface area contributed by atoms with Crippen LogP contribution in [0.15, 0.2) is 60.7 Å². The van der Waals surface area contributed by atoms with Crippen LogP contribution in [0.5, 0.6) is 11.8 Å². The molecule has 8 nitrogen and oxygen atoms in total. The lowest BCUT2D eigenvalue weighted by Crippen LogP contribution is -2.15. The summed E-state index contributed by atoms with van der Waals surface area (Å²) in [5.41, 5.74) is 7.03. The third kappa shape index (κ3) is 6.33. The van der Waals surface area contributed by atoms with Crippen LogP contribution in [0.4, 0.5) is 0 Å². The first-order valence-corrected chi connectivity index (χ1v) is 13.1. The molecular weight excluding hydrogens is 476 g/mol. The number of ether oxygens (including phenoxy) is 2. The molecule has 0 spiro atoms. The molecule has 3 aromatic carbocycles. The quantitative estimate of drug-likeness (QED) is 0.217. The number of imidazole rings is 2. The molecule has 0 saturated carbocycles. The first-order chi connectivity index (χ1) is 18.4. The van der Waals surface area contributed by atoms with Crippen molar-refractivity contribution in [3.05, 3.63) is 60.7 Å². The summed E-state index contributed by atoms with van der Waals surface area (Å²) in [6.45, 7) is 3.34. The summed E-state index contributed by atoms with van der Waals surface area (Å²) in [5.74, 6) is 1.72. The van der Waals surface area contributed by atoms with Gasteiger partial charge in [-0.05, 0) is 101 Å². The van der Waals surface area contributed by atoms with Gasteiger partial charge in [-0.3, -0.25) is 0 Å². The number of aromatic amines is 2. The van der Waals surface area contributed by atoms with Gasteiger partial charge in [0.2, 0.25) is 0 Å². The van der Waals surface area contributed by atoms with Crippen LogP contribution in [0.2, 0.25) is 0 Å². The van der Waals surface area contributed by atoms with Crippen molar-refractivity contribution in [2.75, 3.05) is 54.5 Å². The van der Waals surface area contributed by atoms with Gasteiger partial charge >= 0.3 is 0 Å². The van der Waals surface area contributed by atoms with E-state index in [4.69, 9.17) is 14.5 Å². The second-order valence-corrected chi connectivity index (χ2v) is 10.1. The zero-order chi connectivity index (χ0) is 26.5. The third-order valence-electron chi connectivity index (χ3n) is 6.41. The molecule has 2 aromatic heterocycles. The molecule has 0 aliphatic rings. The molecule has 0 amide bonds. The van der Waals surface area contributed by atoms with E-state index in [-0.39, 0.29) is 0 Å². The maximum absolute atomic E-state index is 5.86. The standard InChI is InChI=1S/C30H36N6O2/c1-35(2)15-5-17-37-24-11-7-21(8-12-24)29-31-25-13-9-22(19-27(25)32-29)23-10-14-26-28(20-23)34-30(33-26)38-18-6-16-36(3)4/h7-14,19-20H,5-6,15-18H2,1-4H3,(H,31,32)(H,33,34). The van der Waals surface area contributed by atoms with Crippen molar-refractivity contribution in [3.8, 4) is 34.3 Å². The Bertz CT molecular complexity index is 1490. The molecule has 38 heavy (non-hydrogen) atoms. The van der Waals surface area contributed by atoms with E-state index in [9.17, 15) is 0 Å². The summed E-state index contributed by atoms with van der Waals surface area (Å²) in [4.78, 5) is 20.5. The smallest absolute Gasteiger partial charge is 0.294 e. The summed E-state index contributed by atoms with van der Waals surface area (Å²) in [7, 11) is 8.27. The normalized spacial score (nSPS) is 11.7. The second-order valence-electron chi connectivity index (χ2n) is 10.1. The van der Waals surface area contributed by atoms with Crippen LogP contribution >= 0.6 is 0 Å². The Kier molecular flexibility index (Phi) is 7.91. The average molecular weight is 513 g/mol. The molecule has 0 bridgehead atoms. The number of hydrogen-bond donors (Lipinski definition) is 2. The van der Waals surface area contributed by atoms with Gasteiger partial charge in [-0.25, -0.2) is 4.98 Å². The number of nitrogens with one attached hydrogen (secondary N) is 2. The minimum Gasteiger partial charge on any atom is -0.494 e. The molecule has 0 fully saturated rings. The van der Waals surface area contributed by atoms with Crippen LogP contribution in [0, 0.1) is 0 Å². The van der Waals surface area contributed by atoms with Crippen molar-refractivity contribution < 1.29 is 9.47 Å². The fourth-order valence-electron chi connectivity index (χ4n) is 4.39. The maximum Gasteiger partial charge on any atom is 0.294 e. The Labute approximate surface area is 223 Å². The van der Waals surface area contributed by atoms with E-state index in [2.05, 4.69) is 83.3 Å². The van der Waals surface area contributed by atoms with Gasteiger partial charge in [-0.1, -0.05) is 12.1 Å². The zero-order valence-corrected chi connectivity index (χ0v) is 22.6. The van der Waals surface area contributed by atoms with E-state index in [1.165, 1.54) is 0 Å². The lowest BCUT2D eigenvalue weighted by atomic mass is 10.0. The van der Waals surface area contributed by atoms with Crippen molar-refractivity contribution in [3.63, 3.8) is 0 Å². The molecular formula is C30H36N6O2. The molecule has 5 aromatic rings. The molecule has 8 heteroatoms. The molecule has 0 aliphatic heterocycles. The average Bonchev–Trinajstić information content (AvgIpc) is 3.52. The van der Waals surface area contributed by atoms with Crippen molar-refractivity contribution in [1.29, 1.82) is 0 Å². The largest absolute Gasteiger partial charge is 0.494 e. The number of hydrogen-bond acceptors (Lipinski definition) is 6. The van der Waals surface area contributed by atoms with E-state index in [0.29, 0.717) is 19.2 Å². The first kappa shape index (κ1) is 25.8. The predicted octanol–water partition coefficient (Wildman–Crippen LogP) is 5.43. The van der Waals surface area contributed by atoms with Crippen LogP contribution in [0.3, 0.4) is 0 Å². The molecule has 0 aliphatic carbocycles. The molecule has 0 saturated heterocycles. The fourth-order valence-corrected chi connectivity index (χ4v) is 4.39. The molecule has 0 unspecified atom stereocenters. The van der Waals surface area contributed by atoms with Crippen LogP contribution < -0.4 is 9.47 Å². The first-order valence-electron chi connectivity index (χ1n) is 13.1. The zero-order valence-electron chi connectivity index (χ0n) is 22.6. The minimum atomic E-state index is 0.564. The Hall–Kier alpha value is -3.88. The highest BCUT2D eigenvalue weighted by atomic mass is 16.5. The summed E-state index contributed by atoms with van der Waals surface area (Å²) in [6.07, 6.45) is 1.95. The number of benzene rings is 3. The lowest BCUT2D eigenvalue weighted by Gasteiger charge is -2.10. The summed E-state index contributed by atoms with van der Waals surface area (Å²) < 4.78 is 11.7. The van der Waals surface area contributed by atoms with E-state index < -0.39 is 0 Å². The Balaban J connectivity index is 1.27. The van der Waals surface area contributed by atoms with Crippen molar-refractivity contribution in [1.82, 2.24) is 29.7 Å². The highest BCUT2D eigenvalue weighted by Crippen LogP contribution is 2.29. The Morgan fingerprint density at radius 2 is 1.18 bits per heavy atom. The maximum atomic E-state index is 5.86. The number of nitrogens with zero attached hydrogens (tertiary/aromatic N) is 4. The van der Waals surface area contributed by atoms with Gasteiger partial charge in [0.25, 0.3) is 6.01 Å². The predicted molar refractivity (Wildman–Crippen MR) is 154 cm³/mol. The fraction of sp³-hybridized carbons (Fsp3) is 0.333. The molecule has 0 atom stereocenters. The summed E-state index contributed by atoms with van der Waals surface area (Å²) in [6, 6.07) is 21.2. The molecule has 2 N–H and O–H groups in total. The molecule has 2 heterocycles. The number of aromatic nitrogens is 4. The van der Waals surface area contributed by atoms with Gasteiger partial charge in [-0.15, -0.1) is 0 Å². The number of rotatable bonds is 12. The topological polar surface area (TPSA) is 82.3 Å². The van der Waals surface area contributed by atoms with E-state index in [1.807, 2.05) is 30.3 Å². The van der Waals surface area contributed by atoms with Gasteiger partial charge in [0.05, 0.1) is 35.3 Å². The van der Waals surface area contributed by atoms with Crippen LogP contribution in [0.25, 0.3) is 44.6 Å². The van der Waals surface area contributed by atoms with Crippen LogP contribution in [-0.4, -0.2) is 84.2 Å². The van der Waals surface area contributed by atoms with E-state index in [1.54, 1.807) is 0 Å². The van der Waals surface area contributed by atoms with E-state index >= 15 is 0 Å². The van der Waals surface area contributed by atoms with Crippen molar-refractivity contribution in [2.45, 2.75) is 12.8 Å². The highest BCUT2D eigenvalue weighted by Gasteiger charge is 2.10. The van der Waals surface area contributed by atoms with Crippen LogP contribution in [-0.2, 0) is 0 Å². The Morgan fingerprint density at radius 1 is 0.632 bits per heavy atom. The van der Waals surface area contributed by atoms with Gasteiger partial charge in [0, 0.05) is 18.7 Å². The monoisotopic (exact) mass is 512 g/mol. The van der Waals surface area contributed by atoms with Gasteiger partial charge in [0.15, 0.2) is 0 Å². The SMILES string of the molecule is CN(C)CCCOc1ccc(-c2nc3ccc(-c4ccc5nc(OCCCN(C)C)[nH]c5c4)cc3[nH]2)cc1. The third-order valence-corrected chi connectivity index (χ3v) is 6.41. The minimum absolute atomic E-state index is 0.564. The highest BCUT2D eigenvalue weighted by molar-refractivity contribution is 5.87. The van der Waals surface area contributed by atoms with Gasteiger partial charge < -0.3 is 29.2 Å². The summed E-state index contributed by atoms with van der Waals surface area (Å²) >= 11 is 0. The van der Waals surface area contributed by atoms with Crippen molar-refractivity contribution >= 4 is 22.1 Å². The summed E-state index contributed by atoms with van der Waals surface area (Å²) in [5, 5.41) is 0. The van der Waals surface area contributed by atoms with Crippen LogP contribution in [0.1, 0.15) is 12.8 Å². The second kappa shape index (κ2) is 11.7. The van der Waals surface area contributed by atoms with E-state index in [0.717, 1.165) is 76.3 Å². The van der Waals surface area contributed by atoms with Gasteiger partial charge in [0.1, 0.15) is 11.6 Å². The molecule has 5 rings (SSSR count). The molecule has 198 valence electrons. The van der Waals surface area contributed by atoms with Crippen molar-refractivity contribution in [2.24, 2.45) is 0 Å². The number of H-pyrrole nitrogens is 2. The van der Waals surface area contributed by atoms with Gasteiger partial charge in [-0.2, -0.15) is 4.98 Å². The molecule has 0 radical (unpaired) electrons. The lowest BCUT2D eigenvalue weighted by molar-refractivity contribution is 0.266.